The minimum Gasteiger partial charge on any atom is -0.872 e. The fraction of sp³-hybridized carbons (Fsp3) is 0.348. The van der Waals surface area contributed by atoms with Crippen LogP contribution in [0, 0.1) is 12.7 Å². The van der Waals surface area contributed by atoms with Crippen molar-refractivity contribution in [3.05, 3.63) is 64.2 Å². The smallest absolute Gasteiger partial charge is 0.232 e. The lowest BCUT2D eigenvalue weighted by Crippen LogP contribution is -3.13. The molecule has 4 rings (SSSR count). The first-order valence-corrected chi connectivity index (χ1v) is 10.2. The number of rotatable bonds is 5. The molecule has 2 aliphatic heterocycles. The second-order valence-corrected chi connectivity index (χ2v) is 7.86. The number of carbonyl (C=O) groups is 1. The van der Waals surface area contributed by atoms with E-state index in [4.69, 9.17) is 9.84 Å². The highest BCUT2D eigenvalue weighted by Gasteiger charge is 2.33. The van der Waals surface area contributed by atoms with Crippen molar-refractivity contribution >= 4 is 11.9 Å². The monoisotopic (exact) mass is 412 g/mol. The molecule has 0 spiro atoms. The van der Waals surface area contributed by atoms with E-state index in [9.17, 15) is 14.3 Å². The van der Waals surface area contributed by atoms with E-state index in [1.165, 1.54) is 23.1 Å². The van der Waals surface area contributed by atoms with Gasteiger partial charge in [0.15, 0.2) is 5.76 Å². The Labute approximate surface area is 174 Å². The zero-order valence-electron chi connectivity index (χ0n) is 16.9. The molecule has 0 radical (unpaired) electrons. The minimum atomic E-state index is -0.352. The third kappa shape index (κ3) is 4.09. The molecule has 0 saturated carbocycles. The molecule has 2 aromatic rings. The zero-order valence-corrected chi connectivity index (χ0v) is 16.9. The Morgan fingerprint density at radius 3 is 2.63 bits per heavy atom. The molecule has 2 aliphatic rings. The maximum atomic E-state index is 13.2. The van der Waals surface area contributed by atoms with Gasteiger partial charge < -0.3 is 19.8 Å². The number of hydrogen-bond acceptors (Lipinski definition) is 5. The number of aryl methyl sites for hydroxylation is 1. The van der Waals surface area contributed by atoms with E-state index in [0.717, 1.165) is 26.2 Å². The van der Waals surface area contributed by atoms with Gasteiger partial charge in [-0.1, -0.05) is 23.9 Å². The summed E-state index contributed by atoms with van der Waals surface area (Å²) in [5.74, 6) is -0.212. The van der Waals surface area contributed by atoms with Crippen LogP contribution in [0.4, 0.5) is 4.39 Å². The van der Waals surface area contributed by atoms with Gasteiger partial charge in [0.1, 0.15) is 18.1 Å². The lowest BCUT2D eigenvalue weighted by Gasteiger charge is -2.32. The lowest BCUT2D eigenvalue weighted by molar-refractivity contribution is -0.918. The normalized spacial score (nSPS) is 18.6. The van der Waals surface area contributed by atoms with E-state index in [1.54, 1.807) is 25.1 Å². The van der Waals surface area contributed by atoms with Gasteiger partial charge in [-0.2, -0.15) is 0 Å². The van der Waals surface area contributed by atoms with Gasteiger partial charge in [0.25, 0.3) is 0 Å². The SMILES string of the molecule is Cc1cc([O-])c(C[NH+]2CCN(CCO)CC2)c2c1C(=O)C(=Cc1ccc(F)cc1)O2. The number of hydrogen-bond donors (Lipinski definition) is 2. The molecule has 1 fully saturated rings. The molecule has 7 heteroatoms. The number of fused-ring (bicyclic) bond motifs is 1. The zero-order chi connectivity index (χ0) is 21.3. The highest BCUT2D eigenvalue weighted by atomic mass is 19.1. The fourth-order valence-corrected chi connectivity index (χ4v) is 4.11. The molecule has 0 unspecified atom stereocenters. The Kier molecular flexibility index (Phi) is 5.85. The van der Waals surface area contributed by atoms with E-state index >= 15 is 0 Å². The van der Waals surface area contributed by atoms with Crippen LogP contribution in [0.15, 0.2) is 36.1 Å². The number of quaternary nitrogens is 1. The van der Waals surface area contributed by atoms with Crippen LogP contribution in [-0.2, 0) is 6.54 Å². The van der Waals surface area contributed by atoms with Gasteiger partial charge in [-0.15, -0.1) is 0 Å². The number of allylic oxidation sites excluding steroid dienone is 1. The second-order valence-electron chi connectivity index (χ2n) is 7.86. The number of Topliss-reactive ketones (excluding diaryl/α,β-unsaturated/α-hetero) is 1. The molecular formula is C23H25FN2O4. The van der Waals surface area contributed by atoms with Gasteiger partial charge in [-0.25, -0.2) is 4.39 Å². The van der Waals surface area contributed by atoms with Crippen LogP contribution in [0.1, 0.15) is 27.0 Å². The molecule has 1 saturated heterocycles. The third-order valence-electron chi connectivity index (χ3n) is 5.78. The summed E-state index contributed by atoms with van der Waals surface area (Å²) >= 11 is 0. The van der Waals surface area contributed by atoms with Crippen LogP contribution < -0.4 is 14.7 Å². The molecule has 0 atom stereocenters. The Bertz CT molecular complexity index is 980. The van der Waals surface area contributed by atoms with Crippen molar-refractivity contribution in [1.29, 1.82) is 0 Å². The molecule has 6 nitrogen and oxygen atoms in total. The van der Waals surface area contributed by atoms with Gasteiger partial charge >= 0.3 is 0 Å². The van der Waals surface area contributed by atoms with Gasteiger partial charge in [-0.05, 0) is 36.3 Å². The predicted molar refractivity (Wildman–Crippen MR) is 108 cm³/mol. The van der Waals surface area contributed by atoms with Crippen molar-refractivity contribution in [2.45, 2.75) is 13.5 Å². The van der Waals surface area contributed by atoms with Crippen molar-refractivity contribution in [3.8, 4) is 11.5 Å². The predicted octanol–water partition coefficient (Wildman–Crippen LogP) is 0.517. The number of ether oxygens (including phenoxy) is 1. The largest absolute Gasteiger partial charge is 0.872 e. The van der Waals surface area contributed by atoms with Crippen LogP contribution in [0.3, 0.4) is 0 Å². The number of ketones is 1. The first-order valence-electron chi connectivity index (χ1n) is 10.2. The van der Waals surface area contributed by atoms with E-state index in [-0.39, 0.29) is 29.7 Å². The highest BCUT2D eigenvalue weighted by molar-refractivity contribution is 6.15. The molecule has 2 N–H and O–H groups in total. The van der Waals surface area contributed by atoms with Crippen molar-refractivity contribution in [3.63, 3.8) is 0 Å². The van der Waals surface area contributed by atoms with E-state index in [0.29, 0.717) is 41.1 Å². The van der Waals surface area contributed by atoms with Crippen LogP contribution in [0.2, 0.25) is 0 Å². The lowest BCUT2D eigenvalue weighted by atomic mass is 9.99. The van der Waals surface area contributed by atoms with Gasteiger partial charge in [0.2, 0.25) is 5.78 Å². The van der Waals surface area contributed by atoms with Crippen LogP contribution in [-0.4, -0.2) is 55.1 Å². The number of benzene rings is 2. The maximum Gasteiger partial charge on any atom is 0.232 e. The highest BCUT2D eigenvalue weighted by Crippen LogP contribution is 2.40. The molecule has 0 bridgehead atoms. The number of aliphatic hydroxyl groups is 1. The molecule has 2 aromatic carbocycles. The van der Waals surface area contributed by atoms with E-state index in [1.807, 2.05) is 0 Å². The Morgan fingerprint density at radius 1 is 1.27 bits per heavy atom. The summed E-state index contributed by atoms with van der Waals surface area (Å²) in [4.78, 5) is 16.4. The average molecular weight is 412 g/mol. The minimum absolute atomic E-state index is 0.118. The van der Waals surface area contributed by atoms with Crippen molar-refractivity contribution in [2.24, 2.45) is 0 Å². The molecule has 0 aliphatic carbocycles. The number of aliphatic hydroxyl groups excluding tert-OH is 1. The summed E-state index contributed by atoms with van der Waals surface area (Å²) in [6.07, 6.45) is 1.58. The number of piperazine rings is 1. The van der Waals surface area contributed by atoms with Crippen LogP contribution in [0.5, 0.6) is 11.5 Å². The third-order valence-corrected chi connectivity index (χ3v) is 5.78. The average Bonchev–Trinajstić information content (AvgIpc) is 3.05. The van der Waals surface area contributed by atoms with Gasteiger partial charge in [0, 0.05) is 25.2 Å². The topological polar surface area (TPSA) is 77.3 Å². The summed E-state index contributed by atoms with van der Waals surface area (Å²) in [7, 11) is 0. The summed E-state index contributed by atoms with van der Waals surface area (Å²) in [6.45, 7) is 6.46. The number of nitrogens with zero attached hydrogens (tertiary/aromatic N) is 1. The fourth-order valence-electron chi connectivity index (χ4n) is 4.11. The van der Waals surface area contributed by atoms with Gasteiger partial charge in [0.05, 0.1) is 25.3 Å². The summed E-state index contributed by atoms with van der Waals surface area (Å²) < 4.78 is 19.1. The van der Waals surface area contributed by atoms with Crippen molar-refractivity contribution in [1.82, 2.24) is 4.90 Å². The number of β-amino-alcohol motifs (C(OH)–C–C–N with tert-alkyl or cyclic N) is 1. The summed E-state index contributed by atoms with van der Waals surface area (Å²) in [5.41, 5.74) is 2.22. The van der Waals surface area contributed by atoms with E-state index < -0.39 is 0 Å². The molecule has 2 heterocycles. The molecule has 0 aromatic heterocycles. The van der Waals surface area contributed by atoms with Crippen LogP contribution in [0.25, 0.3) is 6.08 Å². The van der Waals surface area contributed by atoms with Crippen molar-refractivity contribution < 1.29 is 29.0 Å². The first-order chi connectivity index (χ1) is 14.5. The summed E-state index contributed by atoms with van der Waals surface area (Å²) in [6, 6.07) is 7.31. The Balaban J connectivity index is 1.59. The molecule has 158 valence electrons. The Hall–Kier alpha value is -2.74. The molecule has 0 amide bonds. The first kappa shape index (κ1) is 20.5. The standard InChI is InChI=1S/C23H25FN2O4/c1-15-12-19(28)18(14-26-8-6-25(7-9-26)10-11-27)23-21(15)22(29)20(30-23)13-16-2-4-17(24)5-3-16/h2-5,12-13,27-28H,6-11,14H2,1H3. The summed E-state index contributed by atoms with van der Waals surface area (Å²) in [5, 5.41) is 21.8. The number of carbonyl (C=O) groups excluding carboxylic acids is 1. The van der Waals surface area contributed by atoms with Crippen LogP contribution >= 0.6 is 0 Å². The van der Waals surface area contributed by atoms with Gasteiger partial charge in [-0.3, -0.25) is 9.69 Å². The Morgan fingerprint density at radius 2 is 1.97 bits per heavy atom. The van der Waals surface area contributed by atoms with E-state index in [2.05, 4.69) is 4.90 Å². The maximum absolute atomic E-state index is 13.2. The number of nitrogens with one attached hydrogen (secondary N) is 1. The van der Waals surface area contributed by atoms with Crippen molar-refractivity contribution in [2.75, 3.05) is 39.3 Å². The quantitative estimate of drug-likeness (QED) is 0.701. The number of halogens is 1. The molecule has 30 heavy (non-hydrogen) atoms. The molecular weight excluding hydrogens is 387 g/mol. The second kappa shape index (κ2) is 8.55.